The molecule has 0 saturated heterocycles. The van der Waals surface area contributed by atoms with Gasteiger partial charge in [-0.25, -0.2) is 4.98 Å². The lowest BCUT2D eigenvalue weighted by molar-refractivity contribution is 1.13. The summed E-state index contributed by atoms with van der Waals surface area (Å²) in [6.07, 6.45) is 3.54. The van der Waals surface area contributed by atoms with E-state index in [1.54, 1.807) is 23.7 Å². The first kappa shape index (κ1) is 13.1. The van der Waals surface area contributed by atoms with E-state index in [-0.39, 0.29) is 0 Å². The number of halogens is 1. The average Bonchev–Trinajstić information content (AvgIpc) is 2.95. The number of hydrogen-bond donors (Lipinski definition) is 1. The number of nitrogens with one attached hydrogen (secondary N) is 1. The van der Waals surface area contributed by atoms with Crippen molar-refractivity contribution in [2.45, 2.75) is 6.54 Å². The molecule has 0 amide bonds. The molecule has 0 bridgehead atoms. The molecule has 2 aromatic heterocycles. The van der Waals surface area contributed by atoms with Crippen LogP contribution in [-0.4, -0.2) is 9.97 Å². The molecule has 20 heavy (non-hydrogen) atoms. The van der Waals surface area contributed by atoms with Crippen molar-refractivity contribution in [3.8, 4) is 11.3 Å². The normalized spacial score (nSPS) is 10.4. The maximum Gasteiger partial charge on any atom is 0.183 e. The summed E-state index contributed by atoms with van der Waals surface area (Å²) in [5.41, 5.74) is 3.18. The first-order valence-electron chi connectivity index (χ1n) is 6.15. The van der Waals surface area contributed by atoms with Crippen molar-refractivity contribution in [1.29, 1.82) is 0 Å². The van der Waals surface area contributed by atoms with Gasteiger partial charge < -0.3 is 5.32 Å². The van der Waals surface area contributed by atoms with Gasteiger partial charge in [0.15, 0.2) is 5.13 Å². The Balaban J connectivity index is 1.69. The SMILES string of the molecule is Clc1cccc(CNc2nc(-c3ccncc3)cs2)c1. The second-order valence-corrected chi connectivity index (χ2v) is 5.55. The predicted octanol–water partition coefficient (Wildman–Crippen LogP) is 4.47. The van der Waals surface area contributed by atoms with Crippen molar-refractivity contribution in [3.63, 3.8) is 0 Å². The number of benzene rings is 1. The predicted molar refractivity (Wildman–Crippen MR) is 84.1 cm³/mol. The fourth-order valence-electron chi connectivity index (χ4n) is 1.83. The van der Waals surface area contributed by atoms with E-state index in [1.165, 1.54) is 0 Å². The molecule has 0 aliphatic heterocycles. The van der Waals surface area contributed by atoms with Gasteiger partial charge in [0.1, 0.15) is 0 Å². The Morgan fingerprint density at radius 3 is 2.80 bits per heavy atom. The van der Waals surface area contributed by atoms with Crippen LogP contribution in [0.4, 0.5) is 5.13 Å². The average molecular weight is 302 g/mol. The van der Waals surface area contributed by atoms with Gasteiger partial charge in [0.05, 0.1) is 5.69 Å². The van der Waals surface area contributed by atoms with E-state index in [0.717, 1.165) is 27.0 Å². The molecule has 0 fully saturated rings. The van der Waals surface area contributed by atoms with Gasteiger partial charge in [-0.3, -0.25) is 4.98 Å². The van der Waals surface area contributed by atoms with Crippen molar-refractivity contribution in [2.24, 2.45) is 0 Å². The summed E-state index contributed by atoms with van der Waals surface area (Å²) >= 11 is 7.56. The molecule has 5 heteroatoms. The number of hydrogen-bond acceptors (Lipinski definition) is 4. The Kier molecular flexibility index (Phi) is 3.95. The van der Waals surface area contributed by atoms with Gasteiger partial charge in [-0.15, -0.1) is 11.3 Å². The van der Waals surface area contributed by atoms with Crippen LogP contribution in [0.5, 0.6) is 0 Å². The van der Waals surface area contributed by atoms with Crippen LogP contribution in [0, 0.1) is 0 Å². The lowest BCUT2D eigenvalue weighted by Crippen LogP contribution is -1.98. The van der Waals surface area contributed by atoms with Crippen molar-refractivity contribution in [1.82, 2.24) is 9.97 Å². The summed E-state index contributed by atoms with van der Waals surface area (Å²) in [7, 11) is 0. The molecule has 100 valence electrons. The highest BCUT2D eigenvalue weighted by Gasteiger charge is 2.04. The van der Waals surface area contributed by atoms with Crippen LogP contribution >= 0.6 is 22.9 Å². The minimum Gasteiger partial charge on any atom is -0.357 e. The first-order valence-corrected chi connectivity index (χ1v) is 7.41. The summed E-state index contributed by atoms with van der Waals surface area (Å²) in [5.74, 6) is 0. The Labute approximate surface area is 126 Å². The molecule has 2 heterocycles. The summed E-state index contributed by atoms with van der Waals surface area (Å²) in [6.45, 7) is 0.712. The van der Waals surface area contributed by atoms with Crippen LogP contribution in [0.1, 0.15) is 5.56 Å². The molecule has 1 aromatic carbocycles. The number of nitrogens with zero attached hydrogens (tertiary/aromatic N) is 2. The number of anilines is 1. The highest BCUT2D eigenvalue weighted by molar-refractivity contribution is 7.14. The summed E-state index contributed by atoms with van der Waals surface area (Å²) < 4.78 is 0. The number of thiazole rings is 1. The lowest BCUT2D eigenvalue weighted by Gasteiger charge is -2.03. The summed E-state index contributed by atoms with van der Waals surface area (Å²) in [5, 5.41) is 7.00. The van der Waals surface area contributed by atoms with Crippen molar-refractivity contribution in [2.75, 3.05) is 5.32 Å². The molecule has 0 spiro atoms. The zero-order valence-electron chi connectivity index (χ0n) is 10.6. The smallest absolute Gasteiger partial charge is 0.183 e. The van der Waals surface area contributed by atoms with Crippen molar-refractivity contribution < 1.29 is 0 Å². The van der Waals surface area contributed by atoms with Gasteiger partial charge in [0.2, 0.25) is 0 Å². The molecule has 0 radical (unpaired) electrons. The summed E-state index contributed by atoms with van der Waals surface area (Å²) in [6, 6.07) is 11.7. The van der Waals surface area contributed by atoms with Crippen LogP contribution in [0.15, 0.2) is 54.2 Å². The maximum atomic E-state index is 5.96. The monoisotopic (exact) mass is 301 g/mol. The van der Waals surface area contributed by atoms with Gasteiger partial charge in [-0.05, 0) is 29.8 Å². The summed E-state index contributed by atoms with van der Waals surface area (Å²) in [4.78, 5) is 8.57. The Morgan fingerprint density at radius 1 is 1.15 bits per heavy atom. The van der Waals surface area contributed by atoms with Crippen molar-refractivity contribution in [3.05, 3.63) is 64.8 Å². The van der Waals surface area contributed by atoms with Gasteiger partial charge in [0, 0.05) is 34.9 Å². The Hall–Kier alpha value is -1.91. The van der Waals surface area contributed by atoms with Crippen LogP contribution in [0.2, 0.25) is 5.02 Å². The zero-order valence-corrected chi connectivity index (χ0v) is 12.2. The molecule has 0 saturated carbocycles. The van der Waals surface area contributed by atoms with E-state index in [2.05, 4.69) is 15.3 Å². The van der Waals surface area contributed by atoms with E-state index in [4.69, 9.17) is 11.6 Å². The van der Waals surface area contributed by atoms with Gasteiger partial charge in [-0.2, -0.15) is 0 Å². The molecule has 1 N–H and O–H groups in total. The third kappa shape index (κ3) is 3.15. The molecule has 3 rings (SSSR count). The zero-order chi connectivity index (χ0) is 13.8. The standard InChI is InChI=1S/C15H12ClN3S/c16-13-3-1-2-11(8-13)9-18-15-19-14(10-20-15)12-4-6-17-7-5-12/h1-8,10H,9H2,(H,18,19). The Morgan fingerprint density at radius 2 is 2.00 bits per heavy atom. The molecule has 0 aliphatic carbocycles. The van der Waals surface area contributed by atoms with E-state index >= 15 is 0 Å². The molecule has 0 atom stereocenters. The number of pyridine rings is 1. The van der Waals surface area contributed by atoms with Crippen LogP contribution in [0.25, 0.3) is 11.3 Å². The number of rotatable bonds is 4. The van der Waals surface area contributed by atoms with E-state index < -0.39 is 0 Å². The second-order valence-electron chi connectivity index (χ2n) is 4.26. The van der Waals surface area contributed by atoms with E-state index in [1.807, 2.05) is 41.8 Å². The topological polar surface area (TPSA) is 37.8 Å². The lowest BCUT2D eigenvalue weighted by atomic mass is 10.2. The second kappa shape index (κ2) is 6.03. The van der Waals surface area contributed by atoms with E-state index in [0.29, 0.717) is 6.54 Å². The fraction of sp³-hybridized carbons (Fsp3) is 0.0667. The van der Waals surface area contributed by atoms with E-state index in [9.17, 15) is 0 Å². The molecule has 3 aromatic rings. The first-order chi connectivity index (χ1) is 9.81. The van der Waals surface area contributed by atoms with Gasteiger partial charge in [0.25, 0.3) is 0 Å². The maximum absolute atomic E-state index is 5.96. The number of aromatic nitrogens is 2. The van der Waals surface area contributed by atoms with Crippen LogP contribution in [0.3, 0.4) is 0 Å². The van der Waals surface area contributed by atoms with Crippen LogP contribution in [-0.2, 0) is 6.54 Å². The molecule has 0 unspecified atom stereocenters. The largest absolute Gasteiger partial charge is 0.357 e. The van der Waals surface area contributed by atoms with Crippen LogP contribution < -0.4 is 5.32 Å². The minimum atomic E-state index is 0.712. The molecular formula is C15H12ClN3S. The van der Waals surface area contributed by atoms with Crippen molar-refractivity contribution >= 4 is 28.1 Å². The third-order valence-corrected chi connectivity index (χ3v) is 3.85. The highest BCUT2D eigenvalue weighted by atomic mass is 35.5. The fourth-order valence-corrected chi connectivity index (χ4v) is 2.77. The molecular weight excluding hydrogens is 290 g/mol. The van der Waals surface area contributed by atoms with Gasteiger partial charge >= 0.3 is 0 Å². The highest BCUT2D eigenvalue weighted by Crippen LogP contribution is 2.24. The minimum absolute atomic E-state index is 0.712. The third-order valence-electron chi connectivity index (χ3n) is 2.81. The molecule has 0 aliphatic rings. The molecule has 3 nitrogen and oxygen atoms in total. The quantitative estimate of drug-likeness (QED) is 0.772. The van der Waals surface area contributed by atoms with Gasteiger partial charge in [-0.1, -0.05) is 23.7 Å². The Bertz CT molecular complexity index is 697.